The zero-order valence-electron chi connectivity index (χ0n) is 16.9. The van der Waals surface area contributed by atoms with Gasteiger partial charge in [0, 0.05) is 43.8 Å². The summed E-state index contributed by atoms with van der Waals surface area (Å²) in [5.74, 6) is 0.939. The number of fused-ring (bicyclic) bond motifs is 2. The Morgan fingerprint density at radius 3 is 2.82 bits per heavy atom. The number of nitrogens with zero attached hydrogens (tertiary/aromatic N) is 3. The Hall–Kier alpha value is -1.85. The Bertz CT molecular complexity index is 935. The minimum absolute atomic E-state index is 0.540. The van der Waals surface area contributed by atoms with E-state index < -0.39 is 0 Å². The monoisotopic (exact) mass is 394 g/mol. The third kappa shape index (κ3) is 3.05. The molecule has 0 radical (unpaired) electrons. The van der Waals surface area contributed by atoms with E-state index in [9.17, 15) is 0 Å². The van der Waals surface area contributed by atoms with E-state index >= 15 is 0 Å². The maximum Gasteiger partial charge on any atom is 0.188 e. The first-order valence-electron chi connectivity index (χ1n) is 10.8. The molecule has 1 aromatic heterocycles. The van der Waals surface area contributed by atoms with E-state index in [-0.39, 0.29) is 0 Å². The summed E-state index contributed by atoms with van der Waals surface area (Å²) in [5, 5.41) is 2.21. The van der Waals surface area contributed by atoms with Crippen molar-refractivity contribution >= 4 is 33.8 Å². The average Bonchev–Trinajstić information content (AvgIpc) is 3.46. The summed E-state index contributed by atoms with van der Waals surface area (Å²) in [6.45, 7) is 8.62. The number of hydrogen-bond acceptors (Lipinski definition) is 2. The highest BCUT2D eigenvalue weighted by molar-refractivity contribution is 7.80. The summed E-state index contributed by atoms with van der Waals surface area (Å²) in [6.07, 6.45) is 9.91. The normalized spacial score (nSPS) is 21.4. The van der Waals surface area contributed by atoms with Gasteiger partial charge in [0.25, 0.3) is 0 Å². The molecule has 0 spiro atoms. The highest BCUT2D eigenvalue weighted by Crippen LogP contribution is 2.42. The molecule has 4 nitrogen and oxygen atoms in total. The first-order valence-corrected chi connectivity index (χ1v) is 11.2. The van der Waals surface area contributed by atoms with E-state index in [1.54, 1.807) is 5.57 Å². The van der Waals surface area contributed by atoms with Gasteiger partial charge in [-0.2, -0.15) is 0 Å². The first kappa shape index (κ1) is 18.2. The van der Waals surface area contributed by atoms with Crippen molar-refractivity contribution in [3.05, 3.63) is 41.6 Å². The van der Waals surface area contributed by atoms with Gasteiger partial charge in [0.1, 0.15) is 0 Å². The van der Waals surface area contributed by atoms with Gasteiger partial charge < -0.3 is 4.90 Å². The molecule has 1 atom stereocenters. The van der Waals surface area contributed by atoms with Crippen LogP contribution in [0.15, 0.2) is 30.5 Å². The van der Waals surface area contributed by atoms with Crippen LogP contribution in [0.3, 0.4) is 0 Å². The summed E-state index contributed by atoms with van der Waals surface area (Å²) >= 11 is 5.66. The van der Waals surface area contributed by atoms with Crippen molar-refractivity contribution in [1.29, 1.82) is 0 Å². The summed E-state index contributed by atoms with van der Waals surface area (Å²) in [4.78, 5) is 4.93. The smallest absolute Gasteiger partial charge is 0.188 e. The van der Waals surface area contributed by atoms with Gasteiger partial charge >= 0.3 is 0 Å². The fourth-order valence-corrected chi connectivity index (χ4v) is 5.36. The Balaban J connectivity index is 1.51. The molecule has 5 rings (SSSR count). The van der Waals surface area contributed by atoms with Crippen molar-refractivity contribution in [1.82, 2.24) is 14.5 Å². The van der Waals surface area contributed by atoms with Gasteiger partial charge in [-0.15, -0.1) is 0 Å². The fourth-order valence-electron chi connectivity index (χ4n) is 5.00. The predicted molar refractivity (Wildman–Crippen MR) is 121 cm³/mol. The van der Waals surface area contributed by atoms with Crippen LogP contribution in [0.25, 0.3) is 16.5 Å². The lowest BCUT2D eigenvalue weighted by molar-refractivity contribution is 0.219. The van der Waals surface area contributed by atoms with Crippen molar-refractivity contribution in [3.63, 3.8) is 0 Å². The second-order valence-corrected chi connectivity index (χ2v) is 8.81. The van der Waals surface area contributed by atoms with Gasteiger partial charge in [0.05, 0.1) is 5.52 Å². The molecule has 28 heavy (non-hydrogen) atoms. The number of aromatic nitrogens is 1. The molecule has 2 aromatic rings. The molecular formula is C23H30N4S. The zero-order valence-corrected chi connectivity index (χ0v) is 17.8. The molecular weight excluding hydrogens is 364 g/mol. The molecule has 0 unspecified atom stereocenters. The molecule has 5 heteroatoms. The number of thiocarbonyl (C=S) groups is 1. The lowest BCUT2D eigenvalue weighted by atomic mass is 9.81. The Morgan fingerprint density at radius 1 is 1.25 bits per heavy atom. The van der Waals surface area contributed by atoms with Crippen LogP contribution in [0.5, 0.6) is 0 Å². The molecule has 1 aromatic carbocycles. The molecule has 1 N–H and O–H groups in total. The quantitative estimate of drug-likeness (QED) is 0.767. The summed E-state index contributed by atoms with van der Waals surface area (Å²) in [5.41, 5.74) is 9.14. The number of benzene rings is 1. The second kappa shape index (κ2) is 7.20. The topological polar surface area (TPSA) is 23.4 Å². The molecule has 1 aliphatic heterocycles. The lowest BCUT2D eigenvalue weighted by Crippen LogP contribution is -2.43. The van der Waals surface area contributed by atoms with Crippen LogP contribution >= 0.6 is 12.2 Å². The van der Waals surface area contributed by atoms with Gasteiger partial charge in [0.15, 0.2) is 5.11 Å². The van der Waals surface area contributed by atoms with E-state index in [1.807, 2.05) is 0 Å². The van der Waals surface area contributed by atoms with Crippen LogP contribution in [0.2, 0.25) is 0 Å². The molecule has 148 valence electrons. The van der Waals surface area contributed by atoms with Crippen molar-refractivity contribution in [2.75, 3.05) is 31.6 Å². The molecule has 2 heterocycles. The van der Waals surface area contributed by atoms with Crippen LogP contribution in [0.1, 0.15) is 44.2 Å². The predicted octanol–water partition coefficient (Wildman–Crippen LogP) is 4.24. The minimum atomic E-state index is 0.540. The fraction of sp³-hybridized carbons (Fsp3) is 0.522. The highest BCUT2D eigenvalue weighted by Gasteiger charge is 2.35. The van der Waals surface area contributed by atoms with E-state index in [4.69, 9.17) is 12.2 Å². The minimum Gasteiger partial charge on any atom is -0.348 e. The van der Waals surface area contributed by atoms with E-state index in [1.165, 1.54) is 54.4 Å². The number of hydrogen-bond donors (Lipinski definition) is 1. The van der Waals surface area contributed by atoms with Gasteiger partial charge in [-0.05, 0) is 80.4 Å². The molecule has 3 aliphatic rings. The third-order valence-corrected chi connectivity index (χ3v) is 7.02. The summed E-state index contributed by atoms with van der Waals surface area (Å²) in [7, 11) is 0. The molecule has 1 fully saturated rings. The zero-order chi connectivity index (χ0) is 19.3. The number of nitrogens with one attached hydrogen (secondary N) is 1. The maximum absolute atomic E-state index is 5.66. The Labute approximate surface area is 173 Å². The standard InChI is InChI=1S/C23H30N4S/c1-3-25(4-2)23(28)24-27-15-17-13-21-18(19-7-5-9-20(27)22(17)19)8-6-12-26(21)14-16-10-11-16/h5,7-9,15-16,21H,3-4,6,10-14H2,1-2H3,(H,24,28)/t21-/m1/s1. The average molecular weight is 395 g/mol. The molecule has 1 saturated carbocycles. The Kier molecular flexibility index (Phi) is 4.68. The largest absolute Gasteiger partial charge is 0.348 e. The Morgan fingerprint density at radius 2 is 2.07 bits per heavy atom. The molecule has 0 amide bonds. The van der Waals surface area contributed by atoms with Crippen LogP contribution < -0.4 is 5.43 Å². The van der Waals surface area contributed by atoms with Crippen LogP contribution in [0, 0.1) is 5.92 Å². The van der Waals surface area contributed by atoms with Crippen molar-refractivity contribution in [3.8, 4) is 0 Å². The van der Waals surface area contributed by atoms with Crippen molar-refractivity contribution in [2.45, 2.75) is 45.6 Å². The molecule has 2 aliphatic carbocycles. The third-order valence-electron chi connectivity index (χ3n) is 6.67. The van der Waals surface area contributed by atoms with Crippen molar-refractivity contribution in [2.24, 2.45) is 5.92 Å². The van der Waals surface area contributed by atoms with Crippen LogP contribution in [-0.4, -0.2) is 51.8 Å². The van der Waals surface area contributed by atoms with Crippen LogP contribution in [-0.2, 0) is 6.42 Å². The summed E-state index contributed by atoms with van der Waals surface area (Å²) < 4.78 is 2.15. The second-order valence-electron chi connectivity index (χ2n) is 8.42. The molecule has 0 saturated heterocycles. The van der Waals surface area contributed by atoms with E-state index in [2.05, 4.69) is 64.2 Å². The number of rotatable bonds is 5. The molecule has 0 bridgehead atoms. The first-order chi connectivity index (χ1) is 13.7. The van der Waals surface area contributed by atoms with Gasteiger partial charge in [-0.25, -0.2) is 0 Å². The van der Waals surface area contributed by atoms with E-state index in [0.717, 1.165) is 30.5 Å². The lowest BCUT2D eigenvalue weighted by Gasteiger charge is -2.39. The maximum atomic E-state index is 5.66. The van der Waals surface area contributed by atoms with Crippen molar-refractivity contribution < 1.29 is 0 Å². The van der Waals surface area contributed by atoms with Gasteiger partial charge in [0.2, 0.25) is 0 Å². The van der Waals surface area contributed by atoms with Crippen LogP contribution in [0.4, 0.5) is 0 Å². The summed E-state index contributed by atoms with van der Waals surface area (Å²) in [6, 6.07) is 7.27. The SMILES string of the molecule is CCN(CC)C(=S)Nn1cc2c3c(cccc31)C1=CCCN(CC3CC3)[C@@H]1C2. The van der Waals surface area contributed by atoms with Gasteiger partial charge in [-0.3, -0.25) is 15.0 Å². The van der Waals surface area contributed by atoms with Gasteiger partial charge in [-0.1, -0.05) is 18.2 Å². The van der Waals surface area contributed by atoms with E-state index in [0.29, 0.717) is 6.04 Å². The highest BCUT2D eigenvalue weighted by atomic mass is 32.1.